The van der Waals surface area contributed by atoms with Gasteiger partial charge in [-0.3, -0.25) is 0 Å². The second-order valence-electron chi connectivity index (χ2n) is 6.14. The Kier molecular flexibility index (Phi) is 6.91. The molecule has 0 saturated heterocycles. The zero-order chi connectivity index (χ0) is 14.4. The van der Waals surface area contributed by atoms with Crippen LogP contribution in [0.15, 0.2) is 12.7 Å². The Balaban J connectivity index is 4.86. The first-order valence-electron chi connectivity index (χ1n) is 6.52. The van der Waals surface area contributed by atoms with E-state index >= 15 is 0 Å². The van der Waals surface area contributed by atoms with Crippen molar-refractivity contribution in [3.05, 3.63) is 12.7 Å². The van der Waals surface area contributed by atoms with Crippen molar-refractivity contribution in [1.82, 2.24) is 0 Å². The summed E-state index contributed by atoms with van der Waals surface area (Å²) in [6.07, 6.45) is 2.13. The molecule has 104 valence electrons. The fourth-order valence-electron chi connectivity index (χ4n) is 1.34. The van der Waals surface area contributed by atoms with Crippen molar-refractivity contribution in [2.24, 2.45) is 0 Å². The fourth-order valence-corrected chi connectivity index (χ4v) is 2.69. The molecule has 0 aromatic rings. The molecule has 2 atom stereocenters. The van der Waals surface area contributed by atoms with Gasteiger partial charge in [-0.1, -0.05) is 26.8 Å². The maximum atomic E-state index is 10.1. The predicted octanol–water partition coefficient (Wildman–Crippen LogP) is 3.73. The van der Waals surface area contributed by atoms with Crippen LogP contribution in [-0.4, -0.2) is 25.6 Å². The summed E-state index contributed by atoms with van der Waals surface area (Å²) in [6, 6.07) is 0. The second-order valence-corrected chi connectivity index (χ2v) is 10.9. The van der Waals surface area contributed by atoms with E-state index in [4.69, 9.17) is 4.43 Å². The van der Waals surface area contributed by atoms with Crippen molar-refractivity contribution in [3.8, 4) is 11.8 Å². The van der Waals surface area contributed by atoms with Crippen LogP contribution < -0.4 is 0 Å². The van der Waals surface area contributed by atoms with E-state index in [0.29, 0.717) is 12.8 Å². The molecule has 0 aromatic carbocycles. The Morgan fingerprint density at radius 2 is 1.94 bits per heavy atom. The van der Waals surface area contributed by atoms with Gasteiger partial charge in [0.1, 0.15) is 0 Å². The van der Waals surface area contributed by atoms with Gasteiger partial charge in [0, 0.05) is 6.42 Å². The van der Waals surface area contributed by atoms with Gasteiger partial charge in [-0.15, -0.1) is 18.4 Å². The molecule has 1 N–H and O–H groups in total. The summed E-state index contributed by atoms with van der Waals surface area (Å²) in [6.45, 7) is 16.5. The maximum Gasteiger partial charge on any atom is 0.192 e. The van der Waals surface area contributed by atoms with Gasteiger partial charge in [-0.05, 0) is 31.5 Å². The minimum Gasteiger partial charge on any atom is -0.410 e. The summed E-state index contributed by atoms with van der Waals surface area (Å²) in [4.78, 5) is 0. The summed E-state index contributed by atoms with van der Waals surface area (Å²) in [7, 11) is -1.87. The van der Waals surface area contributed by atoms with E-state index in [2.05, 4.69) is 52.3 Å². The van der Waals surface area contributed by atoms with Gasteiger partial charge in [0.2, 0.25) is 0 Å². The minimum atomic E-state index is -1.87. The van der Waals surface area contributed by atoms with Crippen LogP contribution in [0.3, 0.4) is 0 Å². The Hall–Kier alpha value is -0.563. The van der Waals surface area contributed by atoms with Crippen LogP contribution in [0.4, 0.5) is 0 Å². The van der Waals surface area contributed by atoms with E-state index in [1.807, 2.05) is 6.92 Å². The van der Waals surface area contributed by atoms with E-state index in [9.17, 15) is 5.11 Å². The molecular formula is C15H28O2Si. The van der Waals surface area contributed by atoms with Gasteiger partial charge in [0.15, 0.2) is 8.32 Å². The van der Waals surface area contributed by atoms with Crippen LogP contribution in [0.5, 0.6) is 0 Å². The Labute approximate surface area is 114 Å². The lowest BCUT2D eigenvalue weighted by Gasteiger charge is -2.40. The van der Waals surface area contributed by atoms with Crippen LogP contribution in [0.25, 0.3) is 0 Å². The van der Waals surface area contributed by atoms with Crippen molar-refractivity contribution >= 4 is 8.32 Å². The summed E-state index contributed by atoms with van der Waals surface area (Å²) in [5.74, 6) is 5.88. The zero-order valence-electron chi connectivity index (χ0n) is 12.7. The monoisotopic (exact) mass is 268 g/mol. The molecule has 0 spiro atoms. The van der Waals surface area contributed by atoms with Crippen molar-refractivity contribution in [2.75, 3.05) is 0 Å². The van der Waals surface area contributed by atoms with Crippen molar-refractivity contribution in [1.29, 1.82) is 0 Å². The van der Waals surface area contributed by atoms with Gasteiger partial charge >= 0.3 is 0 Å². The van der Waals surface area contributed by atoms with Gasteiger partial charge in [-0.2, -0.15) is 0 Å². The normalized spacial score (nSPS) is 15.5. The highest BCUT2D eigenvalue weighted by molar-refractivity contribution is 6.74. The fraction of sp³-hybridized carbons (Fsp3) is 0.733. The van der Waals surface area contributed by atoms with E-state index in [-0.39, 0.29) is 11.1 Å². The number of hydrogen-bond donors (Lipinski definition) is 1. The molecule has 0 aliphatic carbocycles. The highest BCUT2D eigenvalue weighted by Crippen LogP contribution is 2.38. The molecule has 0 unspecified atom stereocenters. The molecule has 0 bridgehead atoms. The average molecular weight is 268 g/mol. The standard InChI is InChI=1S/C15H28O2Si/c1-8-10-12-14(13(16)11-9-2)17-18(6,7)15(3,4)5/h9,13-14,16H,2,11-12H2,1,3-7H3/t13-,14-/m0/s1. The smallest absolute Gasteiger partial charge is 0.192 e. The summed E-state index contributed by atoms with van der Waals surface area (Å²) in [5, 5.41) is 10.3. The molecule has 0 fully saturated rings. The molecule has 18 heavy (non-hydrogen) atoms. The highest BCUT2D eigenvalue weighted by atomic mass is 28.4. The molecular weight excluding hydrogens is 240 g/mol. The highest BCUT2D eigenvalue weighted by Gasteiger charge is 2.40. The number of aliphatic hydroxyl groups is 1. The third-order valence-corrected chi connectivity index (χ3v) is 8.07. The SMILES string of the molecule is C=CC[C@H](O)[C@H](CC#CC)O[Si](C)(C)C(C)(C)C. The summed E-state index contributed by atoms with van der Waals surface area (Å²) < 4.78 is 6.26. The lowest BCUT2D eigenvalue weighted by atomic mass is 10.1. The first-order valence-corrected chi connectivity index (χ1v) is 9.43. The molecule has 0 aliphatic rings. The lowest BCUT2D eigenvalue weighted by Crippen LogP contribution is -2.47. The number of rotatable bonds is 6. The van der Waals surface area contributed by atoms with E-state index in [0.717, 1.165) is 0 Å². The van der Waals surface area contributed by atoms with E-state index in [1.165, 1.54) is 0 Å². The van der Waals surface area contributed by atoms with Crippen LogP contribution >= 0.6 is 0 Å². The quantitative estimate of drug-likeness (QED) is 0.452. The van der Waals surface area contributed by atoms with Crippen LogP contribution in [-0.2, 0) is 4.43 Å². The molecule has 0 amide bonds. The third kappa shape index (κ3) is 5.39. The maximum absolute atomic E-state index is 10.1. The lowest BCUT2D eigenvalue weighted by molar-refractivity contribution is 0.0327. The second kappa shape index (κ2) is 7.13. The van der Waals surface area contributed by atoms with Gasteiger partial charge in [0.05, 0.1) is 12.2 Å². The van der Waals surface area contributed by atoms with Crippen molar-refractivity contribution in [3.63, 3.8) is 0 Å². The molecule has 2 nitrogen and oxygen atoms in total. The van der Waals surface area contributed by atoms with Crippen molar-refractivity contribution < 1.29 is 9.53 Å². The summed E-state index contributed by atoms with van der Waals surface area (Å²) >= 11 is 0. The molecule has 0 saturated carbocycles. The predicted molar refractivity (Wildman–Crippen MR) is 81.0 cm³/mol. The van der Waals surface area contributed by atoms with E-state index < -0.39 is 14.4 Å². The first-order chi connectivity index (χ1) is 8.15. The molecule has 0 aromatic heterocycles. The number of aliphatic hydroxyl groups excluding tert-OH is 1. The molecule has 0 aliphatic heterocycles. The van der Waals surface area contributed by atoms with E-state index in [1.54, 1.807) is 6.08 Å². The Morgan fingerprint density at radius 3 is 2.33 bits per heavy atom. The molecule has 3 heteroatoms. The molecule has 0 radical (unpaired) electrons. The minimum absolute atomic E-state index is 0.138. The summed E-state index contributed by atoms with van der Waals surface area (Å²) in [5.41, 5.74) is 0. The largest absolute Gasteiger partial charge is 0.410 e. The average Bonchev–Trinajstić information content (AvgIpc) is 2.22. The van der Waals surface area contributed by atoms with Gasteiger partial charge < -0.3 is 9.53 Å². The third-order valence-electron chi connectivity index (χ3n) is 3.57. The Bertz CT molecular complexity index is 318. The first kappa shape index (κ1) is 17.4. The zero-order valence-corrected chi connectivity index (χ0v) is 13.7. The molecule has 0 heterocycles. The van der Waals surface area contributed by atoms with Crippen molar-refractivity contribution in [2.45, 2.75) is 70.9 Å². The molecule has 0 rings (SSSR count). The Morgan fingerprint density at radius 1 is 1.39 bits per heavy atom. The van der Waals surface area contributed by atoms with Crippen LogP contribution in [0, 0.1) is 11.8 Å². The van der Waals surface area contributed by atoms with Crippen LogP contribution in [0.1, 0.15) is 40.5 Å². The van der Waals surface area contributed by atoms with Gasteiger partial charge in [0.25, 0.3) is 0 Å². The van der Waals surface area contributed by atoms with Crippen LogP contribution in [0.2, 0.25) is 18.1 Å². The number of hydrogen-bond acceptors (Lipinski definition) is 2. The topological polar surface area (TPSA) is 29.5 Å². The van der Waals surface area contributed by atoms with Gasteiger partial charge in [-0.25, -0.2) is 0 Å².